The molecule has 1 fully saturated rings. The molecule has 3 nitrogen and oxygen atoms in total. The molecule has 2 aromatic rings. The first-order valence-corrected chi connectivity index (χ1v) is 10.7. The summed E-state index contributed by atoms with van der Waals surface area (Å²) < 4.78 is 30.0. The molecule has 0 saturated heterocycles. The van der Waals surface area contributed by atoms with Gasteiger partial charge in [0.05, 0.1) is 12.4 Å². The number of fused-ring (bicyclic) bond motifs is 1. The molecule has 2 unspecified atom stereocenters. The Bertz CT molecular complexity index is 782. The Morgan fingerprint density at radius 2 is 1.71 bits per heavy atom. The van der Waals surface area contributed by atoms with E-state index in [1.807, 2.05) is 18.2 Å². The number of sulfone groups is 1. The van der Waals surface area contributed by atoms with Crippen molar-refractivity contribution in [3.05, 3.63) is 42.5 Å². The number of hydrogen-bond acceptors (Lipinski definition) is 3. The Labute approximate surface area is 144 Å². The van der Waals surface area contributed by atoms with Crippen LogP contribution in [-0.4, -0.2) is 26.5 Å². The van der Waals surface area contributed by atoms with Gasteiger partial charge in [-0.25, -0.2) is 8.42 Å². The van der Waals surface area contributed by atoms with Gasteiger partial charge in [0.15, 0.2) is 0 Å². The summed E-state index contributed by atoms with van der Waals surface area (Å²) >= 11 is 0. The van der Waals surface area contributed by atoms with E-state index >= 15 is 0 Å². The molecule has 24 heavy (non-hydrogen) atoms. The average Bonchev–Trinajstić information content (AvgIpc) is 2.60. The van der Waals surface area contributed by atoms with Crippen LogP contribution in [0.5, 0.6) is 5.75 Å². The zero-order valence-corrected chi connectivity index (χ0v) is 15.1. The summed E-state index contributed by atoms with van der Waals surface area (Å²) in [5.74, 6) is 2.00. The molecular weight excluding hydrogens is 320 g/mol. The lowest BCUT2D eigenvalue weighted by molar-refractivity contribution is 0.161. The van der Waals surface area contributed by atoms with Gasteiger partial charge in [-0.2, -0.15) is 0 Å². The lowest BCUT2D eigenvalue weighted by Gasteiger charge is -2.31. The number of rotatable bonds is 6. The minimum absolute atomic E-state index is 0.238. The van der Waals surface area contributed by atoms with Crippen molar-refractivity contribution in [1.29, 1.82) is 0 Å². The summed E-state index contributed by atoms with van der Waals surface area (Å²) in [6.45, 7) is 2.35. The van der Waals surface area contributed by atoms with Gasteiger partial charge < -0.3 is 4.74 Å². The first-order chi connectivity index (χ1) is 11.6. The van der Waals surface area contributed by atoms with E-state index in [0.717, 1.165) is 25.0 Å². The maximum Gasteiger partial charge on any atom is 0.150 e. The van der Waals surface area contributed by atoms with Gasteiger partial charge in [0.2, 0.25) is 0 Å². The van der Waals surface area contributed by atoms with E-state index in [2.05, 4.69) is 24.3 Å². The van der Waals surface area contributed by atoms with Gasteiger partial charge >= 0.3 is 0 Å². The maximum absolute atomic E-state index is 12.0. The van der Waals surface area contributed by atoms with Gasteiger partial charge in [0, 0.05) is 5.75 Å². The van der Waals surface area contributed by atoms with E-state index < -0.39 is 9.84 Å². The standard InChI is InChI=1S/C20H26O3S/c1-2-24(21,22)15-19-10-6-5-9-18(19)14-23-20-12-11-16-7-3-4-8-17(16)13-20/h3-4,7-8,11-13,18-19H,2,5-6,9-10,14-15H2,1H3. The van der Waals surface area contributed by atoms with Gasteiger partial charge in [-0.3, -0.25) is 0 Å². The Balaban J connectivity index is 1.66. The Hall–Kier alpha value is -1.55. The van der Waals surface area contributed by atoms with Gasteiger partial charge in [-0.15, -0.1) is 0 Å². The summed E-state index contributed by atoms with van der Waals surface area (Å²) in [5, 5.41) is 2.37. The summed E-state index contributed by atoms with van der Waals surface area (Å²) in [4.78, 5) is 0. The van der Waals surface area contributed by atoms with E-state index in [1.54, 1.807) is 6.92 Å². The first-order valence-electron chi connectivity index (χ1n) is 8.89. The molecule has 4 heteroatoms. The molecule has 2 atom stereocenters. The molecule has 130 valence electrons. The third-order valence-electron chi connectivity index (χ3n) is 5.16. The number of ether oxygens (including phenoxy) is 1. The lowest BCUT2D eigenvalue weighted by atomic mass is 9.81. The van der Waals surface area contributed by atoms with Crippen molar-refractivity contribution >= 4 is 20.6 Å². The Kier molecular flexibility index (Phi) is 5.44. The molecular formula is C20H26O3S. The third kappa shape index (κ3) is 4.29. The maximum atomic E-state index is 12.0. The van der Waals surface area contributed by atoms with Crippen LogP contribution in [-0.2, 0) is 9.84 Å². The normalized spacial score (nSPS) is 21.7. The quantitative estimate of drug-likeness (QED) is 0.775. The molecule has 0 aromatic heterocycles. The fourth-order valence-corrected chi connectivity index (χ4v) is 4.95. The third-order valence-corrected chi connectivity index (χ3v) is 6.98. The van der Waals surface area contributed by atoms with E-state index in [0.29, 0.717) is 18.3 Å². The molecule has 0 aliphatic heterocycles. The predicted molar refractivity (Wildman–Crippen MR) is 99.2 cm³/mol. The molecule has 3 rings (SSSR count). The van der Waals surface area contributed by atoms with Gasteiger partial charge in [0.25, 0.3) is 0 Å². The topological polar surface area (TPSA) is 43.4 Å². The van der Waals surface area contributed by atoms with Crippen molar-refractivity contribution in [1.82, 2.24) is 0 Å². The molecule has 0 radical (unpaired) electrons. The molecule has 1 saturated carbocycles. The average molecular weight is 346 g/mol. The van der Waals surface area contributed by atoms with Crippen LogP contribution < -0.4 is 4.74 Å². The van der Waals surface area contributed by atoms with Crippen LogP contribution >= 0.6 is 0 Å². The molecule has 0 heterocycles. The van der Waals surface area contributed by atoms with E-state index in [1.165, 1.54) is 17.2 Å². The molecule has 0 N–H and O–H groups in total. The molecule has 0 spiro atoms. The lowest BCUT2D eigenvalue weighted by Crippen LogP contribution is -2.31. The minimum atomic E-state index is -2.92. The van der Waals surface area contributed by atoms with Gasteiger partial charge in [-0.05, 0) is 47.6 Å². The molecule has 2 aromatic carbocycles. The van der Waals surface area contributed by atoms with Crippen LogP contribution in [0.15, 0.2) is 42.5 Å². The van der Waals surface area contributed by atoms with Crippen molar-refractivity contribution in [2.45, 2.75) is 32.6 Å². The van der Waals surface area contributed by atoms with Crippen molar-refractivity contribution in [2.75, 3.05) is 18.1 Å². The smallest absolute Gasteiger partial charge is 0.150 e. The summed E-state index contributed by atoms with van der Waals surface area (Å²) in [6.07, 6.45) is 4.38. The second-order valence-electron chi connectivity index (χ2n) is 6.82. The molecule has 0 bridgehead atoms. The van der Waals surface area contributed by atoms with Crippen LogP contribution in [0, 0.1) is 11.8 Å². The highest BCUT2D eigenvalue weighted by Crippen LogP contribution is 2.32. The summed E-state index contributed by atoms with van der Waals surface area (Å²) in [6, 6.07) is 14.4. The first kappa shape index (κ1) is 17.3. The largest absolute Gasteiger partial charge is 0.493 e. The van der Waals surface area contributed by atoms with E-state index in [9.17, 15) is 8.42 Å². The monoisotopic (exact) mass is 346 g/mol. The number of hydrogen-bond donors (Lipinski definition) is 0. The molecule has 1 aliphatic carbocycles. The zero-order chi connectivity index (χ0) is 17.0. The van der Waals surface area contributed by atoms with Crippen LogP contribution in [0.1, 0.15) is 32.6 Å². The fourth-order valence-electron chi connectivity index (χ4n) is 3.63. The van der Waals surface area contributed by atoms with Crippen molar-refractivity contribution < 1.29 is 13.2 Å². The fraction of sp³-hybridized carbons (Fsp3) is 0.500. The molecule has 1 aliphatic rings. The summed E-state index contributed by atoms with van der Waals surface area (Å²) in [5.41, 5.74) is 0. The Morgan fingerprint density at radius 3 is 2.46 bits per heavy atom. The Morgan fingerprint density at radius 1 is 1.00 bits per heavy atom. The zero-order valence-electron chi connectivity index (χ0n) is 14.3. The number of benzene rings is 2. The summed E-state index contributed by atoms with van der Waals surface area (Å²) in [7, 11) is -2.92. The van der Waals surface area contributed by atoms with Crippen LogP contribution in [0.3, 0.4) is 0 Å². The second-order valence-corrected chi connectivity index (χ2v) is 9.22. The van der Waals surface area contributed by atoms with Crippen LogP contribution in [0.25, 0.3) is 10.8 Å². The highest BCUT2D eigenvalue weighted by atomic mass is 32.2. The van der Waals surface area contributed by atoms with Gasteiger partial charge in [-0.1, -0.05) is 50.1 Å². The minimum Gasteiger partial charge on any atom is -0.493 e. The van der Waals surface area contributed by atoms with Crippen LogP contribution in [0.4, 0.5) is 0 Å². The second kappa shape index (κ2) is 7.56. The van der Waals surface area contributed by atoms with Crippen molar-refractivity contribution in [3.63, 3.8) is 0 Å². The van der Waals surface area contributed by atoms with Gasteiger partial charge in [0.1, 0.15) is 15.6 Å². The SMILES string of the molecule is CCS(=O)(=O)CC1CCCCC1COc1ccc2ccccc2c1. The predicted octanol–water partition coefficient (Wildman–Crippen LogP) is 4.46. The van der Waals surface area contributed by atoms with E-state index in [4.69, 9.17) is 4.74 Å². The van der Waals surface area contributed by atoms with Crippen molar-refractivity contribution in [3.8, 4) is 5.75 Å². The highest BCUT2D eigenvalue weighted by molar-refractivity contribution is 7.91. The highest BCUT2D eigenvalue weighted by Gasteiger charge is 2.29. The molecule has 0 amide bonds. The van der Waals surface area contributed by atoms with Crippen LogP contribution in [0.2, 0.25) is 0 Å². The van der Waals surface area contributed by atoms with Crippen molar-refractivity contribution in [2.24, 2.45) is 11.8 Å². The van der Waals surface area contributed by atoms with E-state index in [-0.39, 0.29) is 11.7 Å².